The van der Waals surface area contributed by atoms with Crippen molar-refractivity contribution in [2.45, 2.75) is 0 Å². The van der Waals surface area contributed by atoms with Crippen molar-refractivity contribution >= 4 is 85.0 Å². The van der Waals surface area contributed by atoms with Crippen molar-refractivity contribution in [3.05, 3.63) is 249 Å². The van der Waals surface area contributed by atoms with Gasteiger partial charge in [-0.2, -0.15) is 0 Å². The number of para-hydroxylation sites is 1. The molecule has 0 saturated carbocycles. The maximum atomic E-state index is 9.08. The summed E-state index contributed by atoms with van der Waals surface area (Å²) in [4.78, 5) is 0. The van der Waals surface area contributed by atoms with Gasteiger partial charge in [-0.25, -0.2) is 8.42 Å². The van der Waals surface area contributed by atoms with Crippen LogP contribution in [0.2, 0.25) is 0 Å². The van der Waals surface area contributed by atoms with Crippen molar-refractivity contribution < 1.29 is 33.4 Å². The summed E-state index contributed by atoms with van der Waals surface area (Å²) in [6, 6.07) is 91.3. The summed E-state index contributed by atoms with van der Waals surface area (Å²) in [6.07, 6.45) is 0.604. The minimum Gasteiger partial charge on any atom is -0.748 e. The van der Waals surface area contributed by atoms with Gasteiger partial charge in [-0.1, -0.05) is 218 Å². The second kappa shape index (κ2) is 22.9. The third-order valence-electron chi connectivity index (χ3n) is 10.8. The van der Waals surface area contributed by atoms with Crippen LogP contribution >= 0.6 is 15.8 Å². The van der Waals surface area contributed by atoms with Crippen LogP contribution in [0.5, 0.6) is 0 Å². The monoisotopic (exact) mass is 1010 g/mol. The SMILES string of the molecule is CNc1ccccc1-c1[c-]cccc1.CS(=O)(=O)[O-].[Pd+2].c1ccc(P(c2ccccc2)c2ccc3ccccc3c2-c2c(P(c3ccccc3)c3ccccc3)ccc3ccccc23)cc1. The molecule has 10 aromatic rings. The molecular formula is C58H47NO3P2PdS. The molecule has 0 bridgehead atoms. The molecule has 0 unspecified atom stereocenters. The van der Waals surface area contributed by atoms with Crippen LogP contribution in [-0.4, -0.2) is 26.3 Å². The fraction of sp³-hybridized carbons (Fsp3) is 0.0345. The molecular weight excluding hydrogens is 959 g/mol. The first-order valence-electron chi connectivity index (χ1n) is 21.3. The van der Waals surface area contributed by atoms with Gasteiger partial charge in [0.2, 0.25) is 0 Å². The predicted octanol–water partition coefficient (Wildman–Crippen LogP) is 11.5. The minimum atomic E-state index is -3.92. The van der Waals surface area contributed by atoms with Gasteiger partial charge in [-0.15, -0.1) is 35.9 Å². The Morgan fingerprint density at radius 3 is 1.17 bits per heavy atom. The average molecular weight is 1010 g/mol. The molecule has 8 heteroatoms. The van der Waals surface area contributed by atoms with Crippen molar-refractivity contribution in [3.8, 4) is 22.3 Å². The van der Waals surface area contributed by atoms with Crippen LogP contribution in [0.25, 0.3) is 43.8 Å². The Morgan fingerprint density at radius 2 is 0.788 bits per heavy atom. The average Bonchev–Trinajstić information content (AvgIpc) is 3.35. The largest absolute Gasteiger partial charge is 2.00 e. The van der Waals surface area contributed by atoms with E-state index in [0.717, 1.165) is 11.3 Å². The Hall–Kier alpha value is -6.05. The maximum absolute atomic E-state index is 9.08. The third kappa shape index (κ3) is 11.7. The van der Waals surface area contributed by atoms with E-state index in [4.69, 9.17) is 13.0 Å². The minimum absolute atomic E-state index is 0. The Bertz CT molecular complexity index is 2980. The van der Waals surface area contributed by atoms with Gasteiger partial charge in [0.25, 0.3) is 0 Å². The van der Waals surface area contributed by atoms with Gasteiger partial charge in [-0.05, 0) is 92.1 Å². The summed E-state index contributed by atoms with van der Waals surface area (Å²) in [6.45, 7) is 0. The molecule has 0 fully saturated rings. The molecule has 328 valence electrons. The zero-order valence-corrected chi connectivity index (χ0v) is 40.6. The van der Waals surface area contributed by atoms with E-state index in [9.17, 15) is 0 Å². The standard InChI is InChI=1S/C44H32P2.C13H12N.CH4O3S.Pd/c1-5-19-35(20-6-1)45(36-21-7-2-8-22-36)41-31-29-33-17-13-15-27-39(33)43(41)44-40-28-16-14-18-34(40)30-32-42(44)46(37-23-9-3-10-24-37)38-25-11-4-12-26-38;1-14-13-10-6-5-9-12(13)11-7-3-2-4-8-11;1-5(2,3)4;/h1-32H;2-7,9-10,14H,1H3;1H3,(H,2,3,4);/q;-1;;+2/p-1. The zero-order chi connectivity index (χ0) is 45.0. The molecule has 1 N–H and O–H groups in total. The van der Waals surface area contributed by atoms with Crippen LogP contribution in [0.1, 0.15) is 0 Å². The van der Waals surface area contributed by atoms with Crippen LogP contribution in [-0.2, 0) is 30.5 Å². The number of hydrogen-bond donors (Lipinski definition) is 1. The van der Waals surface area contributed by atoms with E-state index < -0.39 is 26.0 Å². The van der Waals surface area contributed by atoms with E-state index >= 15 is 0 Å². The van der Waals surface area contributed by atoms with Gasteiger partial charge in [0.05, 0.1) is 10.1 Å². The molecule has 0 aromatic heterocycles. The molecule has 0 aliphatic carbocycles. The van der Waals surface area contributed by atoms with Crippen LogP contribution in [0, 0.1) is 6.07 Å². The summed E-state index contributed by atoms with van der Waals surface area (Å²) in [5, 5.41) is 16.5. The smallest absolute Gasteiger partial charge is 0.748 e. The first-order valence-corrected chi connectivity index (χ1v) is 25.8. The van der Waals surface area contributed by atoms with Gasteiger partial charge >= 0.3 is 20.4 Å². The summed E-state index contributed by atoms with van der Waals surface area (Å²) in [7, 11) is -3.69. The summed E-state index contributed by atoms with van der Waals surface area (Å²) >= 11 is 0. The van der Waals surface area contributed by atoms with E-state index in [1.807, 2.05) is 37.4 Å². The van der Waals surface area contributed by atoms with E-state index in [1.54, 1.807) is 0 Å². The second-order valence-electron chi connectivity index (χ2n) is 15.2. The van der Waals surface area contributed by atoms with Crippen LogP contribution in [0.15, 0.2) is 243 Å². The van der Waals surface area contributed by atoms with E-state index in [2.05, 4.69) is 224 Å². The number of fused-ring (bicyclic) bond motifs is 2. The molecule has 0 spiro atoms. The van der Waals surface area contributed by atoms with Crippen molar-refractivity contribution in [1.82, 2.24) is 0 Å². The van der Waals surface area contributed by atoms with E-state index in [0.29, 0.717) is 6.26 Å². The maximum Gasteiger partial charge on any atom is 2.00 e. The van der Waals surface area contributed by atoms with Crippen molar-refractivity contribution in [3.63, 3.8) is 0 Å². The molecule has 0 aliphatic rings. The molecule has 10 rings (SSSR count). The second-order valence-corrected chi connectivity index (χ2v) is 20.9. The van der Waals surface area contributed by atoms with Crippen LogP contribution < -0.4 is 37.1 Å². The topological polar surface area (TPSA) is 69.2 Å². The van der Waals surface area contributed by atoms with Crippen molar-refractivity contribution in [2.24, 2.45) is 0 Å². The molecule has 0 saturated heterocycles. The first-order chi connectivity index (χ1) is 31.8. The first kappa shape index (κ1) is 47.9. The molecule has 0 aliphatic heterocycles. The Morgan fingerprint density at radius 1 is 0.439 bits per heavy atom. The Balaban J connectivity index is 0.000000270. The predicted molar refractivity (Wildman–Crippen MR) is 280 cm³/mol. The van der Waals surface area contributed by atoms with Gasteiger partial charge in [0.1, 0.15) is 0 Å². The van der Waals surface area contributed by atoms with Gasteiger partial charge < -0.3 is 9.87 Å². The number of benzene rings is 10. The number of nitrogens with one attached hydrogen (secondary N) is 1. The van der Waals surface area contributed by atoms with Crippen molar-refractivity contribution in [1.29, 1.82) is 0 Å². The summed E-state index contributed by atoms with van der Waals surface area (Å²) in [5.74, 6) is 0. The molecule has 0 atom stereocenters. The van der Waals surface area contributed by atoms with Crippen molar-refractivity contribution in [2.75, 3.05) is 18.6 Å². The van der Waals surface area contributed by atoms with Crippen LogP contribution in [0.4, 0.5) is 5.69 Å². The summed E-state index contributed by atoms with van der Waals surface area (Å²) < 4.78 is 27.2. The molecule has 0 heterocycles. The fourth-order valence-electron chi connectivity index (χ4n) is 8.08. The van der Waals surface area contributed by atoms with Crippen LogP contribution in [0.3, 0.4) is 0 Å². The third-order valence-corrected chi connectivity index (χ3v) is 15.8. The molecule has 10 aromatic carbocycles. The molecule has 0 amide bonds. The summed E-state index contributed by atoms with van der Waals surface area (Å²) in [5.41, 5.74) is 6.15. The number of hydrogen-bond acceptors (Lipinski definition) is 4. The van der Waals surface area contributed by atoms with Gasteiger partial charge in [-0.3, -0.25) is 0 Å². The fourth-order valence-corrected chi connectivity index (χ4v) is 13.0. The molecule has 66 heavy (non-hydrogen) atoms. The molecule has 0 radical (unpaired) electrons. The zero-order valence-electron chi connectivity index (χ0n) is 36.4. The number of anilines is 1. The van der Waals surface area contributed by atoms with E-state index in [-0.39, 0.29) is 20.4 Å². The normalized spacial score (nSPS) is 10.9. The Kier molecular flexibility index (Phi) is 16.6. The Labute approximate surface area is 405 Å². The van der Waals surface area contributed by atoms with Gasteiger partial charge in [0.15, 0.2) is 0 Å². The van der Waals surface area contributed by atoms with Gasteiger partial charge in [0, 0.05) is 13.3 Å². The number of rotatable bonds is 9. The quantitative estimate of drug-likeness (QED) is 0.0677. The molecule has 4 nitrogen and oxygen atoms in total. The van der Waals surface area contributed by atoms with E-state index in [1.165, 1.54) is 70.1 Å².